The zero-order valence-corrected chi connectivity index (χ0v) is 24.9. The molecular weight excluding hydrogens is 576 g/mol. The van der Waals surface area contributed by atoms with Crippen molar-refractivity contribution in [1.82, 2.24) is 0 Å². The molecule has 4 rings (SSSR count). The third kappa shape index (κ3) is 8.68. The lowest BCUT2D eigenvalue weighted by atomic mass is 9.97. The fourth-order valence-corrected chi connectivity index (χ4v) is 4.90. The first-order valence-corrected chi connectivity index (χ1v) is 14.6. The van der Waals surface area contributed by atoms with Crippen LogP contribution in [0.15, 0.2) is 91.0 Å². The minimum atomic E-state index is -0.945. The second kappa shape index (κ2) is 15.7. The zero-order chi connectivity index (χ0) is 28.2. The van der Waals surface area contributed by atoms with Crippen molar-refractivity contribution < 1.29 is 33.2 Å². The highest BCUT2D eigenvalue weighted by Gasteiger charge is 2.51. The van der Waals surface area contributed by atoms with Gasteiger partial charge in [0, 0.05) is 14.2 Å². The predicted molar refractivity (Wildman–Crippen MR) is 156 cm³/mol. The Labute approximate surface area is 245 Å². The number of halogens is 1. The van der Waals surface area contributed by atoms with Crippen LogP contribution in [0.2, 0.25) is 0 Å². The second-order valence-corrected chi connectivity index (χ2v) is 10.4. The van der Waals surface area contributed by atoms with Crippen molar-refractivity contribution in [1.29, 1.82) is 0 Å². The fraction of sp³-hybridized carbons (Fsp3) is 0.438. The highest BCUT2D eigenvalue weighted by molar-refractivity contribution is 9.09. The van der Waals surface area contributed by atoms with Crippen molar-refractivity contribution in [3.63, 3.8) is 0 Å². The van der Waals surface area contributed by atoms with Gasteiger partial charge in [-0.15, -0.1) is 0 Å². The maximum Gasteiger partial charge on any atom is 0.186 e. The Morgan fingerprint density at radius 3 is 1.68 bits per heavy atom. The number of methoxy groups -OCH3 is 2. The van der Waals surface area contributed by atoms with Crippen LogP contribution in [-0.4, -0.2) is 62.6 Å². The van der Waals surface area contributed by atoms with Gasteiger partial charge in [-0.1, -0.05) is 107 Å². The molecule has 8 heteroatoms. The SMILES string of the molecule is CO[C@H]1O[C@H](COCc2ccccc2)[C@@H](OCc2ccccc2)[C@H](OCc2ccccc2)[C@@H]1OC(C)(CBr)OC. The highest BCUT2D eigenvalue weighted by atomic mass is 79.9. The molecule has 1 unspecified atom stereocenters. The van der Waals surface area contributed by atoms with Gasteiger partial charge in [0.05, 0.1) is 31.8 Å². The summed E-state index contributed by atoms with van der Waals surface area (Å²) < 4.78 is 43.8. The molecule has 1 aliphatic heterocycles. The van der Waals surface area contributed by atoms with E-state index in [4.69, 9.17) is 33.2 Å². The second-order valence-electron chi connectivity index (χ2n) is 9.86. The molecule has 0 amide bonds. The van der Waals surface area contributed by atoms with Gasteiger partial charge in [0.15, 0.2) is 12.1 Å². The molecule has 0 spiro atoms. The zero-order valence-electron chi connectivity index (χ0n) is 23.3. The summed E-state index contributed by atoms with van der Waals surface area (Å²) in [6.07, 6.45) is -2.94. The van der Waals surface area contributed by atoms with Crippen molar-refractivity contribution in [2.45, 2.75) is 63.2 Å². The third-order valence-corrected chi connectivity index (χ3v) is 7.87. The van der Waals surface area contributed by atoms with Gasteiger partial charge in [-0.2, -0.15) is 0 Å². The van der Waals surface area contributed by atoms with E-state index >= 15 is 0 Å². The van der Waals surface area contributed by atoms with Crippen molar-refractivity contribution in [3.8, 4) is 0 Å². The Bertz CT molecular complexity index is 1100. The largest absolute Gasteiger partial charge is 0.374 e. The van der Waals surface area contributed by atoms with E-state index in [2.05, 4.69) is 15.9 Å². The average Bonchev–Trinajstić information content (AvgIpc) is 3.01. The molecule has 40 heavy (non-hydrogen) atoms. The standard InChI is InChI=1S/C32H39BrO7/c1-32(23-33,35-3)40-30-29(38-21-26-17-11-6-12-18-26)28(37-20-25-15-9-5-10-16-25)27(39-31(30)34-2)22-36-19-24-13-7-4-8-14-24/h4-18,27-31H,19-23H2,1-3H3/t27-,28-,29+,30+,31+,32?/m1/s1. The molecule has 216 valence electrons. The first kappa shape index (κ1) is 30.8. The van der Waals surface area contributed by atoms with Gasteiger partial charge >= 0.3 is 0 Å². The van der Waals surface area contributed by atoms with Gasteiger partial charge in [0.1, 0.15) is 24.4 Å². The maximum absolute atomic E-state index is 6.61. The van der Waals surface area contributed by atoms with Crippen LogP contribution in [0.3, 0.4) is 0 Å². The van der Waals surface area contributed by atoms with Gasteiger partial charge in [-0.3, -0.25) is 0 Å². The van der Waals surface area contributed by atoms with Crippen molar-refractivity contribution in [3.05, 3.63) is 108 Å². The highest BCUT2D eigenvalue weighted by Crippen LogP contribution is 2.33. The molecule has 1 heterocycles. The van der Waals surface area contributed by atoms with E-state index in [1.54, 1.807) is 14.2 Å². The van der Waals surface area contributed by atoms with Gasteiger partial charge in [-0.25, -0.2) is 0 Å². The quantitative estimate of drug-likeness (QED) is 0.156. The van der Waals surface area contributed by atoms with Crippen LogP contribution in [-0.2, 0) is 53.0 Å². The van der Waals surface area contributed by atoms with E-state index < -0.39 is 36.5 Å². The van der Waals surface area contributed by atoms with E-state index in [1.165, 1.54) is 0 Å². The van der Waals surface area contributed by atoms with Crippen LogP contribution in [0.5, 0.6) is 0 Å². The van der Waals surface area contributed by atoms with E-state index in [0.717, 1.165) is 16.7 Å². The van der Waals surface area contributed by atoms with Crippen molar-refractivity contribution in [2.24, 2.45) is 0 Å². The summed E-state index contributed by atoms with van der Waals surface area (Å²) in [4.78, 5) is 0. The summed E-state index contributed by atoms with van der Waals surface area (Å²) in [6.45, 7) is 3.33. The van der Waals surface area contributed by atoms with Crippen molar-refractivity contribution >= 4 is 15.9 Å². The molecule has 0 saturated carbocycles. The Hall–Kier alpha value is -2.14. The van der Waals surface area contributed by atoms with Gasteiger partial charge in [-0.05, 0) is 23.6 Å². The van der Waals surface area contributed by atoms with Crippen molar-refractivity contribution in [2.75, 3.05) is 26.2 Å². The smallest absolute Gasteiger partial charge is 0.186 e. The normalized spacial score (nSPS) is 24.4. The molecule has 0 aliphatic carbocycles. The van der Waals surface area contributed by atoms with Crippen LogP contribution in [0.4, 0.5) is 0 Å². The van der Waals surface area contributed by atoms with Crippen LogP contribution in [0, 0.1) is 0 Å². The summed E-state index contributed by atoms with van der Waals surface area (Å²) in [7, 11) is 3.21. The minimum Gasteiger partial charge on any atom is -0.374 e. The molecule has 7 nitrogen and oxygen atoms in total. The molecule has 1 aliphatic rings. The number of benzene rings is 3. The number of alkyl halides is 1. The lowest BCUT2D eigenvalue weighted by molar-refractivity contribution is -0.356. The Morgan fingerprint density at radius 1 is 0.700 bits per heavy atom. The Balaban J connectivity index is 1.61. The summed E-state index contributed by atoms with van der Waals surface area (Å²) in [5, 5.41) is 0.438. The lowest BCUT2D eigenvalue weighted by Crippen LogP contribution is -2.63. The van der Waals surface area contributed by atoms with Gasteiger partial charge in [0.2, 0.25) is 0 Å². The van der Waals surface area contributed by atoms with Gasteiger partial charge < -0.3 is 33.2 Å². The Kier molecular flexibility index (Phi) is 12.1. The average molecular weight is 616 g/mol. The maximum atomic E-state index is 6.61. The lowest BCUT2D eigenvalue weighted by Gasteiger charge is -2.47. The summed E-state index contributed by atoms with van der Waals surface area (Å²) >= 11 is 3.52. The molecular formula is C32H39BrO7. The van der Waals surface area contributed by atoms with Gasteiger partial charge in [0.25, 0.3) is 0 Å². The summed E-state index contributed by atoms with van der Waals surface area (Å²) in [5.74, 6) is -0.945. The third-order valence-electron chi connectivity index (χ3n) is 6.85. The molecule has 0 N–H and O–H groups in total. The number of rotatable bonds is 15. The topological polar surface area (TPSA) is 64.6 Å². The van der Waals surface area contributed by atoms with E-state index in [0.29, 0.717) is 25.2 Å². The Morgan fingerprint density at radius 2 is 1.20 bits per heavy atom. The number of hydrogen-bond donors (Lipinski definition) is 0. The molecule has 1 fully saturated rings. The van der Waals surface area contributed by atoms with E-state index in [-0.39, 0.29) is 6.61 Å². The van der Waals surface area contributed by atoms with E-state index in [9.17, 15) is 0 Å². The van der Waals surface area contributed by atoms with E-state index in [1.807, 2.05) is 97.9 Å². The van der Waals surface area contributed by atoms with Crippen LogP contribution in [0.1, 0.15) is 23.6 Å². The fourth-order valence-electron chi connectivity index (χ4n) is 4.54. The molecule has 0 aromatic heterocycles. The summed E-state index contributed by atoms with van der Waals surface area (Å²) in [5.41, 5.74) is 3.16. The van der Waals surface area contributed by atoms with Crippen LogP contribution < -0.4 is 0 Å². The number of hydrogen-bond acceptors (Lipinski definition) is 7. The minimum absolute atomic E-state index is 0.284. The summed E-state index contributed by atoms with van der Waals surface area (Å²) in [6, 6.07) is 30.1. The molecule has 3 aromatic rings. The van der Waals surface area contributed by atoms with Crippen LogP contribution in [0.25, 0.3) is 0 Å². The number of ether oxygens (including phenoxy) is 7. The predicted octanol–water partition coefficient (Wildman–Crippen LogP) is 5.89. The van der Waals surface area contributed by atoms with Crippen LogP contribution >= 0.6 is 15.9 Å². The first-order chi connectivity index (χ1) is 19.5. The molecule has 1 saturated heterocycles. The molecule has 3 aromatic carbocycles. The molecule has 0 bridgehead atoms. The first-order valence-electron chi connectivity index (χ1n) is 13.4. The monoisotopic (exact) mass is 614 g/mol. The molecule has 0 radical (unpaired) electrons. The molecule has 6 atom stereocenters.